The number of nitrogen functional groups attached to an aromatic ring is 1. The Morgan fingerprint density at radius 3 is 2.62 bits per heavy atom. The molecule has 0 spiro atoms. The predicted molar refractivity (Wildman–Crippen MR) is 84.5 cm³/mol. The molecular formula is C16H21N3O2. The van der Waals surface area contributed by atoms with Crippen LogP contribution in [-0.4, -0.2) is 9.55 Å². The fraction of sp³-hybridized carbons (Fsp3) is 0.500. The van der Waals surface area contributed by atoms with Gasteiger partial charge in [-0.3, -0.25) is 9.36 Å². The van der Waals surface area contributed by atoms with E-state index in [1.165, 1.54) is 11.0 Å². The van der Waals surface area contributed by atoms with Crippen LogP contribution in [-0.2, 0) is 0 Å². The van der Waals surface area contributed by atoms with Gasteiger partial charge in [0, 0.05) is 11.7 Å². The van der Waals surface area contributed by atoms with Crippen molar-refractivity contribution < 1.29 is 0 Å². The number of H-pyrrole nitrogens is 1. The molecule has 1 saturated carbocycles. The number of nitrogens with one attached hydrogen (secondary N) is 1. The number of anilines is 1. The molecule has 3 rings (SSSR count). The molecule has 3 N–H and O–H groups in total. The second-order valence-electron chi connectivity index (χ2n) is 5.99. The monoisotopic (exact) mass is 287 g/mol. The molecule has 21 heavy (non-hydrogen) atoms. The van der Waals surface area contributed by atoms with Gasteiger partial charge in [0.1, 0.15) is 0 Å². The van der Waals surface area contributed by atoms with Gasteiger partial charge >= 0.3 is 5.69 Å². The second-order valence-corrected chi connectivity index (χ2v) is 5.99. The molecule has 1 aromatic heterocycles. The van der Waals surface area contributed by atoms with Crippen LogP contribution in [0.2, 0.25) is 0 Å². The maximum atomic E-state index is 12.6. The highest BCUT2D eigenvalue weighted by Gasteiger charge is 2.24. The Morgan fingerprint density at radius 2 is 1.95 bits per heavy atom. The minimum absolute atomic E-state index is 0.00915. The summed E-state index contributed by atoms with van der Waals surface area (Å²) in [5.41, 5.74) is 6.31. The van der Waals surface area contributed by atoms with Gasteiger partial charge in [0.15, 0.2) is 0 Å². The van der Waals surface area contributed by atoms with Crippen molar-refractivity contribution in [3.05, 3.63) is 39.0 Å². The fourth-order valence-corrected chi connectivity index (χ4v) is 3.39. The van der Waals surface area contributed by atoms with Crippen LogP contribution in [0.4, 0.5) is 5.69 Å². The zero-order valence-corrected chi connectivity index (χ0v) is 12.3. The van der Waals surface area contributed by atoms with Crippen LogP contribution < -0.4 is 17.0 Å². The van der Waals surface area contributed by atoms with E-state index in [9.17, 15) is 9.59 Å². The van der Waals surface area contributed by atoms with Gasteiger partial charge in [-0.05, 0) is 49.8 Å². The number of hydrogen-bond acceptors (Lipinski definition) is 3. The molecule has 112 valence electrons. The first-order valence-electron chi connectivity index (χ1n) is 7.64. The van der Waals surface area contributed by atoms with Crippen LogP contribution in [0.25, 0.3) is 10.9 Å². The summed E-state index contributed by atoms with van der Waals surface area (Å²) >= 11 is 0. The van der Waals surface area contributed by atoms with E-state index < -0.39 is 0 Å². The first kappa shape index (κ1) is 13.9. The quantitative estimate of drug-likeness (QED) is 0.832. The lowest BCUT2D eigenvalue weighted by atomic mass is 9.84. The standard InChI is InChI=1S/C16H21N3O2/c1-2-10-3-6-12(7-4-10)19-15(20)13-9-11(17)5-8-14(13)18-16(19)21/h5,8-10,12H,2-4,6-7,17H2,1H3,(H,18,21)/t10-,12+. The summed E-state index contributed by atoms with van der Waals surface area (Å²) in [4.78, 5) is 27.7. The summed E-state index contributed by atoms with van der Waals surface area (Å²) in [5.74, 6) is 0.729. The molecule has 0 bridgehead atoms. The van der Waals surface area contributed by atoms with Gasteiger partial charge in [-0.2, -0.15) is 0 Å². The number of benzene rings is 1. The molecule has 1 heterocycles. The van der Waals surface area contributed by atoms with Gasteiger partial charge in [0.2, 0.25) is 0 Å². The Hall–Kier alpha value is -2.04. The Balaban J connectivity index is 2.07. The highest BCUT2D eigenvalue weighted by molar-refractivity contribution is 5.80. The summed E-state index contributed by atoms with van der Waals surface area (Å²) in [7, 11) is 0. The first-order chi connectivity index (χ1) is 10.1. The zero-order chi connectivity index (χ0) is 15.0. The van der Waals surface area contributed by atoms with Crippen molar-refractivity contribution in [1.29, 1.82) is 0 Å². The van der Waals surface area contributed by atoms with E-state index in [1.54, 1.807) is 18.2 Å². The van der Waals surface area contributed by atoms with E-state index in [4.69, 9.17) is 5.73 Å². The van der Waals surface area contributed by atoms with E-state index in [0.29, 0.717) is 16.6 Å². The summed E-state index contributed by atoms with van der Waals surface area (Å²) < 4.78 is 1.40. The lowest BCUT2D eigenvalue weighted by Gasteiger charge is -2.28. The number of nitrogens with two attached hydrogens (primary N) is 1. The second kappa shape index (κ2) is 5.39. The van der Waals surface area contributed by atoms with Gasteiger partial charge < -0.3 is 10.7 Å². The van der Waals surface area contributed by atoms with Crippen LogP contribution in [0.5, 0.6) is 0 Å². The van der Waals surface area contributed by atoms with Crippen LogP contribution in [0, 0.1) is 5.92 Å². The maximum absolute atomic E-state index is 12.6. The number of rotatable bonds is 2. The number of fused-ring (bicyclic) bond motifs is 1. The SMILES string of the molecule is CC[C@H]1CC[C@@H](n2c(=O)[nH]c3ccc(N)cc3c2=O)CC1. The molecule has 0 aliphatic heterocycles. The zero-order valence-electron chi connectivity index (χ0n) is 12.3. The maximum Gasteiger partial charge on any atom is 0.329 e. The van der Waals surface area contributed by atoms with E-state index in [1.807, 2.05) is 0 Å². The van der Waals surface area contributed by atoms with Crippen molar-refractivity contribution >= 4 is 16.6 Å². The molecule has 1 aromatic carbocycles. The third kappa shape index (κ3) is 2.48. The van der Waals surface area contributed by atoms with E-state index in [0.717, 1.165) is 31.6 Å². The number of aromatic amines is 1. The molecule has 1 aliphatic rings. The van der Waals surface area contributed by atoms with Gasteiger partial charge in [-0.25, -0.2) is 4.79 Å². The molecule has 5 nitrogen and oxygen atoms in total. The number of nitrogens with zero attached hydrogens (tertiary/aromatic N) is 1. The Morgan fingerprint density at radius 1 is 1.24 bits per heavy atom. The predicted octanol–water partition coefficient (Wildman–Crippen LogP) is 2.41. The van der Waals surface area contributed by atoms with Crippen molar-refractivity contribution in [2.24, 2.45) is 5.92 Å². The fourth-order valence-electron chi connectivity index (χ4n) is 3.39. The highest BCUT2D eigenvalue weighted by atomic mass is 16.2. The van der Waals surface area contributed by atoms with E-state index in [-0.39, 0.29) is 17.3 Å². The summed E-state index contributed by atoms with van der Waals surface area (Å²) in [6.45, 7) is 2.20. The molecule has 0 radical (unpaired) electrons. The van der Waals surface area contributed by atoms with Crippen molar-refractivity contribution in [2.75, 3.05) is 5.73 Å². The smallest absolute Gasteiger partial charge is 0.329 e. The van der Waals surface area contributed by atoms with Gasteiger partial charge in [0.05, 0.1) is 10.9 Å². The van der Waals surface area contributed by atoms with Crippen molar-refractivity contribution in [2.45, 2.75) is 45.1 Å². The van der Waals surface area contributed by atoms with E-state index in [2.05, 4.69) is 11.9 Å². The molecule has 1 fully saturated rings. The largest absolute Gasteiger partial charge is 0.399 e. The third-order valence-electron chi connectivity index (χ3n) is 4.71. The van der Waals surface area contributed by atoms with Crippen LogP contribution in [0.3, 0.4) is 0 Å². The molecule has 0 atom stereocenters. The van der Waals surface area contributed by atoms with Gasteiger partial charge in [-0.1, -0.05) is 13.3 Å². The normalized spacial score (nSPS) is 22.5. The molecule has 5 heteroatoms. The van der Waals surface area contributed by atoms with Crippen molar-refractivity contribution in [3.63, 3.8) is 0 Å². The van der Waals surface area contributed by atoms with E-state index >= 15 is 0 Å². The molecule has 0 amide bonds. The summed E-state index contributed by atoms with van der Waals surface area (Å²) in [6, 6.07) is 5.03. The minimum Gasteiger partial charge on any atom is -0.399 e. The third-order valence-corrected chi connectivity index (χ3v) is 4.71. The van der Waals surface area contributed by atoms with Crippen molar-refractivity contribution in [1.82, 2.24) is 9.55 Å². The number of aromatic nitrogens is 2. The number of hydrogen-bond donors (Lipinski definition) is 2. The topological polar surface area (TPSA) is 80.9 Å². The average Bonchev–Trinajstić information content (AvgIpc) is 2.49. The Kier molecular flexibility index (Phi) is 3.57. The molecule has 0 saturated heterocycles. The van der Waals surface area contributed by atoms with Gasteiger partial charge in [0.25, 0.3) is 5.56 Å². The lowest BCUT2D eigenvalue weighted by Crippen LogP contribution is -2.39. The molecular weight excluding hydrogens is 266 g/mol. The average molecular weight is 287 g/mol. The first-order valence-corrected chi connectivity index (χ1v) is 7.64. The van der Waals surface area contributed by atoms with Crippen LogP contribution >= 0.6 is 0 Å². The summed E-state index contributed by atoms with van der Waals surface area (Å²) in [6.07, 6.45) is 5.14. The highest BCUT2D eigenvalue weighted by Crippen LogP contribution is 2.32. The molecule has 2 aromatic rings. The Labute approximate surface area is 122 Å². The van der Waals surface area contributed by atoms with Crippen LogP contribution in [0.1, 0.15) is 45.1 Å². The summed E-state index contributed by atoms with van der Waals surface area (Å²) in [5, 5.41) is 0.493. The van der Waals surface area contributed by atoms with Gasteiger partial charge in [-0.15, -0.1) is 0 Å². The lowest BCUT2D eigenvalue weighted by molar-refractivity contribution is 0.261. The van der Waals surface area contributed by atoms with Crippen LogP contribution in [0.15, 0.2) is 27.8 Å². The molecule has 1 aliphatic carbocycles. The minimum atomic E-state index is -0.308. The van der Waals surface area contributed by atoms with Crippen molar-refractivity contribution in [3.8, 4) is 0 Å². The Bertz CT molecular complexity index is 767. The molecule has 0 unspecified atom stereocenters.